The number of halogens is 3. The van der Waals surface area contributed by atoms with E-state index in [0.717, 1.165) is 12.8 Å². The van der Waals surface area contributed by atoms with Crippen LogP contribution in [-0.2, 0) is 11.2 Å². The SMILES string of the molecule is NCC1(Cc2c(F)ccc(Br)c2F)CCOCC1. The van der Waals surface area contributed by atoms with Gasteiger partial charge in [0.05, 0.1) is 4.47 Å². The van der Waals surface area contributed by atoms with E-state index in [2.05, 4.69) is 15.9 Å². The zero-order valence-corrected chi connectivity index (χ0v) is 11.6. The molecule has 1 fully saturated rings. The minimum atomic E-state index is -0.519. The van der Waals surface area contributed by atoms with Crippen molar-refractivity contribution in [2.24, 2.45) is 11.1 Å². The Bertz CT molecular complexity index is 433. The summed E-state index contributed by atoms with van der Waals surface area (Å²) in [7, 11) is 0. The van der Waals surface area contributed by atoms with Crippen LogP contribution in [0.15, 0.2) is 16.6 Å². The normalized spacial score (nSPS) is 18.9. The summed E-state index contributed by atoms with van der Waals surface area (Å²) in [6.07, 6.45) is 1.81. The molecule has 0 aliphatic carbocycles. The lowest BCUT2D eigenvalue weighted by atomic mass is 9.75. The van der Waals surface area contributed by atoms with Crippen LogP contribution in [-0.4, -0.2) is 19.8 Å². The lowest BCUT2D eigenvalue weighted by molar-refractivity contribution is 0.0183. The van der Waals surface area contributed by atoms with E-state index in [1.807, 2.05) is 0 Å². The van der Waals surface area contributed by atoms with Crippen LogP contribution in [0.5, 0.6) is 0 Å². The molecule has 1 aromatic rings. The Balaban J connectivity index is 2.29. The van der Waals surface area contributed by atoms with Gasteiger partial charge >= 0.3 is 0 Å². The Kier molecular flexibility index (Phi) is 4.35. The Morgan fingerprint density at radius 1 is 1.28 bits per heavy atom. The first-order valence-corrected chi connectivity index (χ1v) is 6.77. The van der Waals surface area contributed by atoms with E-state index in [1.54, 1.807) is 0 Å². The second-order valence-corrected chi connectivity index (χ2v) is 5.67. The zero-order chi connectivity index (χ0) is 13.2. The van der Waals surface area contributed by atoms with E-state index >= 15 is 0 Å². The first kappa shape index (κ1) is 13.9. The van der Waals surface area contributed by atoms with Crippen molar-refractivity contribution in [3.05, 3.63) is 33.8 Å². The van der Waals surface area contributed by atoms with Gasteiger partial charge in [0.25, 0.3) is 0 Å². The molecule has 100 valence electrons. The molecule has 2 rings (SSSR count). The third-order valence-electron chi connectivity index (χ3n) is 3.68. The monoisotopic (exact) mass is 319 g/mol. The van der Waals surface area contributed by atoms with Gasteiger partial charge < -0.3 is 10.5 Å². The zero-order valence-electron chi connectivity index (χ0n) is 10.0. The molecule has 0 unspecified atom stereocenters. The van der Waals surface area contributed by atoms with Crippen LogP contribution >= 0.6 is 15.9 Å². The fourth-order valence-electron chi connectivity index (χ4n) is 2.36. The summed E-state index contributed by atoms with van der Waals surface area (Å²) in [5.74, 6) is -1.02. The van der Waals surface area contributed by atoms with Gasteiger partial charge in [-0.25, -0.2) is 8.78 Å². The fraction of sp³-hybridized carbons (Fsp3) is 0.538. The van der Waals surface area contributed by atoms with E-state index in [-0.39, 0.29) is 15.5 Å². The van der Waals surface area contributed by atoms with Gasteiger partial charge in [0, 0.05) is 18.8 Å². The number of hydrogen-bond acceptors (Lipinski definition) is 2. The lowest BCUT2D eigenvalue weighted by Gasteiger charge is -2.36. The van der Waals surface area contributed by atoms with Crippen molar-refractivity contribution in [1.82, 2.24) is 0 Å². The largest absolute Gasteiger partial charge is 0.381 e. The van der Waals surface area contributed by atoms with Crippen LogP contribution in [0.1, 0.15) is 18.4 Å². The van der Waals surface area contributed by atoms with E-state index in [4.69, 9.17) is 10.5 Å². The van der Waals surface area contributed by atoms with Gasteiger partial charge in [-0.1, -0.05) is 0 Å². The maximum Gasteiger partial charge on any atom is 0.143 e. The molecule has 18 heavy (non-hydrogen) atoms. The number of rotatable bonds is 3. The molecular formula is C13H16BrF2NO. The molecule has 0 spiro atoms. The average molecular weight is 320 g/mol. The van der Waals surface area contributed by atoms with Crippen LogP contribution in [0.2, 0.25) is 0 Å². The summed E-state index contributed by atoms with van der Waals surface area (Å²) in [5, 5.41) is 0. The third-order valence-corrected chi connectivity index (χ3v) is 4.29. The molecule has 0 amide bonds. The molecule has 2 nitrogen and oxygen atoms in total. The van der Waals surface area contributed by atoms with Gasteiger partial charge in [0.2, 0.25) is 0 Å². The standard InChI is InChI=1S/C13H16BrF2NO/c14-10-1-2-11(15)9(12(10)16)7-13(8-17)3-5-18-6-4-13/h1-2H,3-8,17H2. The Hall–Kier alpha value is -0.520. The summed E-state index contributed by atoms with van der Waals surface area (Å²) in [4.78, 5) is 0. The number of nitrogens with two attached hydrogens (primary N) is 1. The van der Waals surface area contributed by atoms with Crippen molar-refractivity contribution >= 4 is 15.9 Å². The fourth-order valence-corrected chi connectivity index (χ4v) is 2.74. The van der Waals surface area contributed by atoms with E-state index in [9.17, 15) is 8.78 Å². The highest BCUT2D eigenvalue weighted by Gasteiger charge is 2.33. The molecule has 0 atom stereocenters. The summed E-state index contributed by atoms with van der Waals surface area (Å²) in [5.41, 5.74) is 5.68. The summed E-state index contributed by atoms with van der Waals surface area (Å²) < 4.78 is 33.3. The lowest BCUT2D eigenvalue weighted by Crippen LogP contribution is -2.39. The number of ether oxygens (including phenoxy) is 1. The molecule has 1 aliphatic rings. The summed E-state index contributed by atoms with van der Waals surface area (Å²) in [6.45, 7) is 1.63. The van der Waals surface area contributed by atoms with Crippen LogP contribution in [0, 0.1) is 17.0 Å². The quantitative estimate of drug-likeness (QED) is 0.869. The molecule has 0 radical (unpaired) electrons. The molecule has 0 aromatic heterocycles. The van der Waals surface area contributed by atoms with Gasteiger partial charge in [-0.15, -0.1) is 0 Å². The minimum Gasteiger partial charge on any atom is -0.381 e. The first-order chi connectivity index (χ1) is 8.58. The topological polar surface area (TPSA) is 35.2 Å². The van der Waals surface area contributed by atoms with Gasteiger partial charge in [-0.3, -0.25) is 0 Å². The highest BCUT2D eigenvalue weighted by molar-refractivity contribution is 9.10. The van der Waals surface area contributed by atoms with Crippen molar-refractivity contribution in [3.8, 4) is 0 Å². The van der Waals surface area contributed by atoms with Crippen LogP contribution < -0.4 is 5.73 Å². The third kappa shape index (κ3) is 2.73. The van der Waals surface area contributed by atoms with Crippen LogP contribution in [0.4, 0.5) is 8.78 Å². The van der Waals surface area contributed by atoms with Gasteiger partial charge in [0.15, 0.2) is 0 Å². The smallest absolute Gasteiger partial charge is 0.143 e. The molecule has 5 heteroatoms. The molecule has 1 saturated heterocycles. The summed E-state index contributed by atoms with van der Waals surface area (Å²) >= 11 is 3.09. The van der Waals surface area contributed by atoms with Crippen molar-refractivity contribution < 1.29 is 13.5 Å². The molecule has 1 aromatic carbocycles. The van der Waals surface area contributed by atoms with Crippen molar-refractivity contribution in [2.45, 2.75) is 19.3 Å². The van der Waals surface area contributed by atoms with Crippen molar-refractivity contribution in [3.63, 3.8) is 0 Å². The molecule has 0 bridgehead atoms. The van der Waals surface area contributed by atoms with E-state index < -0.39 is 11.6 Å². The van der Waals surface area contributed by atoms with E-state index in [1.165, 1.54) is 12.1 Å². The molecular weight excluding hydrogens is 304 g/mol. The average Bonchev–Trinajstić information content (AvgIpc) is 2.40. The first-order valence-electron chi connectivity index (χ1n) is 5.98. The van der Waals surface area contributed by atoms with Crippen molar-refractivity contribution in [2.75, 3.05) is 19.8 Å². The maximum atomic E-state index is 14.0. The Labute approximate surface area is 114 Å². The maximum absolute atomic E-state index is 14.0. The second-order valence-electron chi connectivity index (χ2n) is 4.82. The minimum absolute atomic E-state index is 0.122. The molecule has 2 N–H and O–H groups in total. The van der Waals surface area contributed by atoms with Gasteiger partial charge in [-0.05, 0) is 59.3 Å². The van der Waals surface area contributed by atoms with Crippen LogP contribution in [0.3, 0.4) is 0 Å². The highest BCUT2D eigenvalue weighted by Crippen LogP contribution is 2.35. The Morgan fingerprint density at radius 2 is 1.94 bits per heavy atom. The summed E-state index contributed by atoms with van der Waals surface area (Å²) in [6, 6.07) is 2.67. The van der Waals surface area contributed by atoms with E-state index in [0.29, 0.717) is 26.2 Å². The van der Waals surface area contributed by atoms with Gasteiger partial charge in [0.1, 0.15) is 11.6 Å². The highest BCUT2D eigenvalue weighted by atomic mass is 79.9. The predicted molar refractivity (Wildman–Crippen MR) is 69.3 cm³/mol. The molecule has 0 saturated carbocycles. The van der Waals surface area contributed by atoms with Gasteiger partial charge in [-0.2, -0.15) is 0 Å². The predicted octanol–water partition coefficient (Wildman–Crippen LogP) is 3.03. The van der Waals surface area contributed by atoms with Crippen molar-refractivity contribution in [1.29, 1.82) is 0 Å². The number of benzene rings is 1. The molecule has 1 aliphatic heterocycles. The molecule has 1 heterocycles. The second kappa shape index (κ2) is 5.63. The number of hydrogen-bond donors (Lipinski definition) is 1. The van der Waals surface area contributed by atoms with Crippen LogP contribution in [0.25, 0.3) is 0 Å². The Morgan fingerprint density at radius 3 is 2.56 bits per heavy atom.